The van der Waals surface area contributed by atoms with Crippen LogP contribution in [-0.4, -0.2) is 149 Å². The normalized spacial score (nSPS) is 48.4. The predicted octanol–water partition coefficient (Wildman–Crippen LogP) is 1.54. The van der Waals surface area contributed by atoms with Crippen LogP contribution in [0.3, 0.4) is 0 Å². The summed E-state index contributed by atoms with van der Waals surface area (Å²) in [5.41, 5.74) is -4.74. The molecule has 5 N–H and O–H groups in total. The molecule has 0 saturated carbocycles. The molecule has 0 radical (unpaired) electrons. The second kappa shape index (κ2) is 17.3. The molecule has 0 aliphatic carbocycles. The number of esters is 1. The minimum atomic E-state index is -1.93. The Bertz CT molecular complexity index is 1180. The largest absolute Gasteiger partial charge is 0.455 e. The molecule has 0 amide bonds. The second-order valence-corrected chi connectivity index (χ2v) is 16.2. The number of Topliss-reactive ketones (excluding diaryl/α,β-unsaturated/α-hetero) is 1. The number of nitrogens with zero attached hydrogens (tertiary/aromatic N) is 1. The van der Waals surface area contributed by atoms with Crippen LogP contribution in [0.15, 0.2) is 12.7 Å². The number of ether oxygens (including phenoxy) is 6. The third-order valence-electron chi connectivity index (χ3n) is 11.2. The van der Waals surface area contributed by atoms with Crippen LogP contribution in [-0.2, 0) is 38.0 Å². The molecular formula is C37H66N2O12. The van der Waals surface area contributed by atoms with E-state index in [0.29, 0.717) is 13.0 Å². The van der Waals surface area contributed by atoms with Crippen LogP contribution < -0.4 is 5.32 Å². The van der Waals surface area contributed by atoms with Crippen molar-refractivity contribution in [1.82, 2.24) is 10.2 Å². The third kappa shape index (κ3) is 9.96. The molecule has 0 aromatic carbocycles. The number of methoxy groups -OCH3 is 1. The summed E-state index contributed by atoms with van der Waals surface area (Å²) in [6, 6.07) is -0.931. The molecule has 17 atom stereocenters. The molecule has 14 nitrogen and oxygen atoms in total. The van der Waals surface area contributed by atoms with E-state index in [4.69, 9.17) is 28.4 Å². The van der Waals surface area contributed by atoms with Gasteiger partial charge in [-0.2, -0.15) is 0 Å². The Labute approximate surface area is 304 Å². The van der Waals surface area contributed by atoms with Crippen LogP contribution in [0.1, 0.15) is 81.6 Å². The van der Waals surface area contributed by atoms with Gasteiger partial charge in [-0.1, -0.05) is 20.4 Å². The van der Waals surface area contributed by atoms with Crippen LogP contribution >= 0.6 is 0 Å². The highest BCUT2D eigenvalue weighted by atomic mass is 16.7. The molecule has 0 spiro atoms. The summed E-state index contributed by atoms with van der Waals surface area (Å²) < 4.78 is 36.9. The van der Waals surface area contributed by atoms with Crippen molar-refractivity contribution in [1.29, 1.82) is 0 Å². The fourth-order valence-corrected chi connectivity index (χ4v) is 7.97. The molecule has 3 rings (SSSR count). The van der Waals surface area contributed by atoms with Crippen molar-refractivity contribution < 1.29 is 58.4 Å². The molecular weight excluding hydrogens is 664 g/mol. The van der Waals surface area contributed by atoms with Crippen molar-refractivity contribution >= 4 is 11.8 Å². The van der Waals surface area contributed by atoms with Gasteiger partial charge in [-0.15, -0.1) is 0 Å². The van der Waals surface area contributed by atoms with Crippen molar-refractivity contribution in [3.8, 4) is 0 Å². The molecule has 0 aromatic heterocycles. The number of hydrogen-bond donors (Lipinski definition) is 5. The third-order valence-corrected chi connectivity index (χ3v) is 11.2. The van der Waals surface area contributed by atoms with Crippen LogP contribution in [0.5, 0.6) is 0 Å². The average molecular weight is 731 g/mol. The van der Waals surface area contributed by atoms with Gasteiger partial charge in [0.05, 0.1) is 29.8 Å². The van der Waals surface area contributed by atoms with Crippen molar-refractivity contribution in [2.45, 2.75) is 166 Å². The smallest absolute Gasteiger partial charge is 0.312 e. The maximum absolute atomic E-state index is 14.1. The molecule has 3 saturated heterocycles. The molecule has 3 aliphatic heterocycles. The zero-order valence-corrected chi connectivity index (χ0v) is 32.7. The van der Waals surface area contributed by atoms with Gasteiger partial charge in [0.15, 0.2) is 24.5 Å². The Hall–Kier alpha value is -1.56. The number of rotatable bonds is 7. The lowest BCUT2D eigenvalue weighted by atomic mass is 9.77. The van der Waals surface area contributed by atoms with Gasteiger partial charge in [0.2, 0.25) is 0 Å². The van der Waals surface area contributed by atoms with Gasteiger partial charge in [0, 0.05) is 31.5 Å². The molecule has 0 aromatic rings. The average Bonchev–Trinajstić information content (AvgIpc) is 3.05. The number of aliphatic hydroxyl groups excluding tert-OH is 2. The number of carbonyl (C=O) groups is 2. The number of hydrogen-bond acceptors (Lipinski definition) is 14. The Morgan fingerprint density at radius 3 is 2.18 bits per heavy atom. The van der Waals surface area contributed by atoms with Crippen LogP contribution in [0.25, 0.3) is 0 Å². The number of cyclic esters (lactones) is 1. The molecule has 14 heteroatoms. The highest BCUT2D eigenvalue weighted by Crippen LogP contribution is 2.39. The lowest BCUT2D eigenvalue weighted by molar-refractivity contribution is -0.307. The summed E-state index contributed by atoms with van der Waals surface area (Å²) >= 11 is 0. The topological polar surface area (TPSA) is 186 Å². The van der Waals surface area contributed by atoms with Crippen molar-refractivity contribution in [3.63, 3.8) is 0 Å². The van der Waals surface area contributed by atoms with Crippen LogP contribution in [0, 0.1) is 17.8 Å². The van der Waals surface area contributed by atoms with Gasteiger partial charge in [-0.05, 0) is 93.9 Å². The quantitative estimate of drug-likeness (QED) is 0.188. The molecule has 0 bridgehead atoms. The van der Waals surface area contributed by atoms with Crippen LogP contribution in [0.4, 0.5) is 0 Å². The fourth-order valence-electron chi connectivity index (χ4n) is 7.97. The monoisotopic (exact) mass is 730 g/mol. The van der Waals surface area contributed by atoms with Crippen molar-refractivity contribution in [3.05, 3.63) is 12.7 Å². The van der Waals surface area contributed by atoms with Gasteiger partial charge in [-0.3, -0.25) is 9.59 Å². The van der Waals surface area contributed by atoms with E-state index >= 15 is 0 Å². The van der Waals surface area contributed by atoms with E-state index in [1.807, 2.05) is 32.8 Å². The zero-order valence-electron chi connectivity index (χ0n) is 32.7. The Kier molecular flexibility index (Phi) is 14.9. The maximum Gasteiger partial charge on any atom is 0.312 e. The first kappa shape index (κ1) is 43.8. The van der Waals surface area contributed by atoms with E-state index < -0.39 is 89.9 Å². The summed E-state index contributed by atoms with van der Waals surface area (Å²) in [4.78, 5) is 29.0. The van der Waals surface area contributed by atoms with Gasteiger partial charge in [0.1, 0.15) is 29.5 Å². The number of nitrogens with one attached hydrogen (secondary N) is 1. The summed E-state index contributed by atoms with van der Waals surface area (Å²) in [7, 11) is 5.17. The molecule has 3 heterocycles. The van der Waals surface area contributed by atoms with Gasteiger partial charge in [-0.25, -0.2) is 0 Å². The van der Waals surface area contributed by atoms with E-state index in [-0.39, 0.29) is 36.7 Å². The van der Waals surface area contributed by atoms with Gasteiger partial charge in [0.25, 0.3) is 0 Å². The van der Waals surface area contributed by atoms with Crippen molar-refractivity contribution in [2.75, 3.05) is 27.7 Å². The minimum Gasteiger partial charge on any atom is -0.455 e. The Balaban J connectivity index is 2.16. The van der Waals surface area contributed by atoms with E-state index in [2.05, 4.69) is 11.9 Å². The Morgan fingerprint density at radius 2 is 1.61 bits per heavy atom. The molecule has 3 fully saturated rings. The first-order chi connectivity index (χ1) is 23.5. The van der Waals surface area contributed by atoms with Gasteiger partial charge >= 0.3 is 5.97 Å². The van der Waals surface area contributed by atoms with E-state index in [0.717, 1.165) is 0 Å². The molecule has 51 heavy (non-hydrogen) atoms. The highest BCUT2D eigenvalue weighted by Gasteiger charge is 2.52. The second-order valence-electron chi connectivity index (χ2n) is 16.2. The van der Waals surface area contributed by atoms with Crippen LogP contribution in [0.2, 0.25) is 0 Å². The summed E-state index contributed by atoms with van der Waals surface area (Å²) in [6.07, 6.45) is -7.17. The first-order valence-corrected chi connectivity index (χ1v) is 18.3. The standard InChI is InChI=1S/C37H66N2O12/c1-14-26-37(10,45)30(41)23(6)38-18-19(2)16-35(8,44)32(51-34-28(40)25(39(11)12)15-20(3)47-34)21(4)29(22(5)33(43)49-26)50-27-17-36(9,46-13)31(42)24(7)48-27/h14,19-30,32,34,38,40-41,44-45H,1,15-18H2,2-13H3/t19-,20-,21+,22-,23-,24+,25+,26-,27+,28-,29+,30-,32-,34+,35-,36-,37-/m1/s1. The highest BCUT2D eigenvalue weighted by molar-refractivity contribution is 5.91. The lowest BCUT2D eigenvalue weighted by Gasteiger charge is -2.48. The summed E-state index contributed by atoms with van der Waals surface area (Å²) in [5, 5.41) is 49.8. The number of aliphatic hydroxyl groups is 4. The molecule has 0 unspecified atom stereocenters. The zero-order chi connectivity index (χ0) is 38.8. The molecule has 296 valence electrons. The number of likely N-dealkylation sites (N-methyl/N-ethyl adjacent to an activating group) is 1. The Morgan fingerprint density at radius 1 is 0.980 bits per heavy atom. The SMILES string of the molecule is C=C[C@H]1OC(=O)[C@H](C)[C@@H](O[C@H]2C[C@@](C)(OC)C(=O)[C@H](C)O2)[C@H](C)[C@@H](O[C@@H]2O[C@H](C)C[C@H](N(C)C)[C@H]2O)[C@](C)(O)C[C@@H](C)CN[C@H](C)[C@@H](O)[C@]1(C)O. The molecule has 3 aliphatic rings. The van der Waals surface area contributed by atoms with E-state index in [9.17, 15) is 30.0 Å². The van der Waals surface area contributed by atoms with E-state index in [1.165, 1.54) is 20.1 Å². The van der Waals surface area contributed by atoms with Gasteiger partial charge < -0.3 is 59.1 Å². The maximum atomic E-state index is 14.1. The summed E-state index contributed by atoms with van der Waals surface area (Å²) in [5.74, 6) is -3.09. The predicted molar refractivity (Wildman–Crippen MR) is 188 cm³/mol. The van der Waals surface area contributed by atoms with Crippen molar-refractivity contribution in [2.24, 2.45) is 17.8 Å². The first-order valence-electron chi connectivity index (χ1n) is 18.3. The van der Waals surface area contributed by atoms with E-state index in [1.54, 1.807) is 41.5 Å². The summed E-state index contributed by atoms with van der Waals surface area (Å²) in [6.45, 7) is 19.3. The number of ketones is 1. The number of carbonyl (C=O) groups excluding carboxylic acids is 2. The minimum absolute atomic E-state index is 0.0167. The lowest BCUT2D eigenvalue weighted by Crippen LogP contribution is -2.60. The fraction of sp³-hybridized carbons (Fsp3) is 0.892.